The second kappa shape index (κ2) is 6.53. The molecule has 0 saturated carbocycles. The number of nitrogens with zero attached hydrogens (tertiary/aromatic N) is 5. The number of rotatable bonds is 4. The average Bonchev–Trinajstić information content (AvgIpc) is 3.06. The van der Waals surface area contributed by atoms with Crippen LogP contribution in [0, 0.1) is 5.82 Å². The highest BCUT2D eigenvalue weighted by atomic mass is 35.5. The number of halogens is 2. The Hall–Kier alpha value is -2.73. The SMILES string of the molecule is CCN(CC)c1nc2c(-c3cccc(F)c3)nnn2c2ccc(Cl)cc12. The minimum absolute atomic E-state index is 0.319. The van der Waals surface area contributed by atoms with E-state index in [4.69, 9.17) is 16.6 Å². The van der Waals surface area contributed by atoms with E-state index in [0.717, 1.165) is 29.8 Å². The Morgan fingerprint density at radius 2 is 1.92 bits per heavy atom. The van der Waals surface area contributed by atoms with Gasteiger partial charge in [0, 0.05) is 29.1 Å². The summed E-state index contributed by atoms with van der Waals surface area (Å²) in [5.74, 6) is 0.500. The first-order valence-corrected chi connectivity index (χ1v) is 8.85. The minimum atomic E-state index is -0.319. The normalized spacial score (nSPS) is 11.4. The Balaban J connectivity index is 2.07. The second-order valence-corrected chi connectivity index (χ2v) is 6.39. The summed E-state index contributed by atoms with van der Waals surface area (Å²) in [6.07, 6.45) is 0. The lowest BCUT2D eigenvalue weighted by Gasteiger charge is -2.22. The lowest BCUT2D eigenvalue weighted by atomic mass is 10.1. The van der Waals surface area contributed by atoms with E-state index < -0.39 is 0 Å². The van der Waals surface area contributed by atoms with Crippen LogP contribution in [0.4, 0.5) is 10.2 Å². The zero-order valence-electron chi connectivity index (χ0n) is 14.4. The topological polar surface area (TPSA) is 46.3 Å². The summed E-state index contributed by atoms with van der Waals surface area (Å²) < 4.78 is 15.4. The highest BCUT2D eigenvalue weighted by molar-refractivity contribution is 6.31. The molecule has 0 atom stereocenters. The quantitative estimate of drug-likeness (QED) is 0.528. The van der Waals surface area contributed by atoms with E-state index in [0.29, 0.717) is 21.9 Å². The van der Waals surface area contributed by atoms with Gasteiger partial charge in [0.1, 0.15) is 17.3 Å². The third-order valence-corrected chi connectivity index (χ3v) is 4.68. The smallest absolute Gasteiger partial charge is 0.186 e. The van der Waals surface area contributed by atoms with E-state index >= 15 is 0 Å². The number of benzene rings is 2. The molecule has 7 heteroatoms. The number of aromatic nitrogens is 4. The minimum Gasteiger partial charge on any atom is -0.357 e. The van der Waals surface area contributed by atoms with Gasteiger partial charge in [0.2, 0.25) is 0 Å². The van der Waals surface area contributed by atoms with E-state index in [1.807, 2.05) is 18.2 Å². The lowest BCUT2D eigenvalue weighted by molar-refractivity contribution is 0.628. The van der Waals surface area contributed by atoms with Crippen molar-refractivity contribution in [2.75, 3.05) is 18.0 Å². The summed E-state index contributed by atoms with van der Waals surface area (Å²) in [7, 11) is 0. The molecule has 2 aromatic heterocycles. The zero-order chi connectivity index (χ0) is 18.3. The van der Waals surface area contributed by atoms with Crippen molar-refractivity contribution in [1.82, 2.24) is 19.8 Å². The Morgan fingerprint density at radius 3 is 2.65 bits per heavy atom. The Bertz CT molecular complexity index is 1100. The van der Waals surface area contributed by atoms with Crippen molar-refractivity contribution in [3.63, 3.8) is 0 Å². The van der Waals surface area contributed by atoms with Gasteiger partial charge in [0.05, 0.1) is 5.52 Å². The van der Waals surface area contributed by atoms with Gasteiger partial charge in [-0.2, -0.15) is 4.52 Å². The predicted molar refractivity (Wildman–Crippen MR) is 102 cm³/mol. The van der Waals surface area contributed by atoms with Crippen LogP contribution in [0.5, 0.6) is 0 Å². The van der Waals surface area contributed by atoms with Gasteiger partial charge in [-0.25, -0.2) is 9.37 Å². The van der Waals surface area contributed by atoms with E-state index in [2.05, 4.69) is 29.1 Å². The summed E-state index contributed by atoms with van der Waals surface area (Å²) in [5.41, 5.74) is 2.64. The van der Waals surface area contributed by atoms with E-state index in [1.165, 1.54) is 12.1 Å². The van der Waals surface area contributed by atoms with Crippen LogP contribution in [0.2, 0.25) is 5.02 Å². The summed E-state index contributed by atoms with van der Waals surface area (Å²) in [6.45, 7) is 5.76. The van der Waals surface area contributed by atoms with Gasteiger partial charge in [-0.05, 0) is 44.2 Å². The predicted octanol–water partition coefficient (Wildman–Crippen LogP) is 4.58. The standard InChI is InChI=1S/C19H17ClFN5/c1-3-25(4-2)18-15-11-13(20)8-9-16(15)26-19(22-18)17(23-24-26)12-6-5-7-14(21)10-12/h5-11H,3-4H2,1-2H3. The maximum atomic E-state index is 13.7. The highest BCUT2D eigenvalue weighted by Gasteiger charge is 2.18. The van der Waals surface area contributed by atoms with Crippen LogP contribution in [0.25, 0.3) is 27.8 Å². The molecule has 4 rings (SSSR count). The van der Waals surface area contributed by atoms with Crippen LogP contribution in [-0.2, 0) is 0 Å². The molecule has 0 unspecified atom stereocenters. The highest BCUT2D eigenvalue weighted by Crippen LogP contribution is 2.31. The molecule has 0 spiro atoms. The fraction of sp³-hybridized carbons (Fsp3) is 0.211. The first-order chi connectivity index (χ1) is 12.6. The summed E-state index contributed by atoms with van der Waals surface area (Å²) in [4.78, 5) is 6.99. The van der Waals surface area contributed by atoms with Gasteiger partial charge in [-0.3, -0.25) is 0 Å². The van der Waals surface area contributed by atoms with Gasteiger partial charge >= 0.3 is 0 Å². The molecule has 26 heavy (non-hydrogen) atoms. The summed E-state index contributed by atoms with van der Waals surface area (Å²) in [5, 5.41) is 10.1. The fourth-order valence-electron chi connectivity index (χ4n) is 3.16. The molecule has 0 fully saturated rings. The maximum absolute atomic E-state index is 13.7. The number of hydrogen-bond acceptors (Lipinski definition) is 4. The second-order valence-electron chi connectivity index (χ2n) is 5.95. The van der Waals surface area contributed by atoms with Gasteiger partial charge in [0.15, 0.2) is 5.65 Å². The molecular weight excluding hydrogens is 353 g/mol. The van der Waals surface area contributed by atoms with Crippen molar-refractivity contribution in [2.45, 2.75) is 13.8 Å². The third kappa shape index (κ3) is 2.66. The van der Waals surface area contributed by atoms with E-state index in [1.54, 1.807) is 16.6 Å². The molecule has 0 aliphatic rings. The van der Waals surface area contributed by atoms with Gasteiger partial charge in [-0.1, -0.05) is 28.9 Å². The molecule has 4 aromatic rings. The molecule has 0 aliphatic carbocycles. The monoisotopic (exact) mass is 369 g/mol. The Morgan fingerprint density at radius 1 is 1.12 bits per heavy atom. The Kier molecular flexibility index (Phi) is 4.20. The molecule has 0 saturated heterocycles. The molecular formula is C19H17ClFN5. The zero-order valence-corrected chi connectivity index (χ0v) is 15.2. The van der Waals surface area contributed by atoms with Gasteiger partial charge < -0.3 is 4.90 Å². The summed E-state index contributed by atoms with van der Waals surface area (Å²) >= 11 is 6.22. The fourth-order valence-corrected chi connectivity index (χ4v) is 3.33. The largest absolute Gasteiger partial charge is 0.357 e. The first kappa shape index (κ1) is 16.7. The Labute approximate surface area is 155 Å². The molecule has 0 bridgehead atoms. The lowest BCUT2D eigenvalue weighted by Crippen LogP contribution is -2.23. The van der Waals surface area contributed by atoms with Crippen LogP contribution in [0.1, 0.15) is 13.8 Å². The van der Waals surface area contributed by atoms with Gasteiger partial charge in [-0.15, -0.1) is 5.10 Å². The molecule has 2 aromatic carbocycles. The third-order valence-electron chi connectivity index (χ3n) is 4.45. The number of anilines is 1. The van der Waals surface area contributed by atoms with Crippen LogP contribution >= 0.6 is 11.6 Å². The summed E-state index contributed by atoms with van der Waals surface area (Å²) in [6, 6.07) is 11.9. The van der Waals surface area contributed by atoms with Crippen LogP contribution in [-0.4, -0.2) is 32.9 Å². The van der Waals surface area contributed by atoms with Crippen LogP contribution < -0.4 is 4.90 Å². The van der Waals surface area contributed by atoms with Crippen molar-refractivity contribution in [2.24, 2.45) is 0 Å². The molecule has 5 nitrogen and oxygen atoms in total. The molecule has 0 amide bonds. The van der Waals surface area contributed by atoms with Crippen LogP contribution in [0.15, 0.2) is 42.5 Å². The molecule has 0 N–H and O–H groups in total. The van der Waals surface area contributed by atoms with E-state index in [-0.39, 0.29) is 5.82 Å². The first-order valence-electron chi connectivity index (χ1n) is 8.48. The van der Waals surface area contributed by atoms with Crippen LogP contribution in [0.3, 0.4) is 0 Å². The van der Waals surface area contributed by atoms with Crippen molar-refractivity contribution in [3.8, 4) is 11.3 Å². The maximum Gasteiger partial charge on any atom is 0.186 e. The molecule has 0 radical (unpaired) electrons. The number of fused-ring (bicyclic) bond motifs is 3. The van der Waals surface area contributed by atoms with Crippen molar-refractivity contribution >= 4 is 34.0 Å². The molecule has 2 heterocycles. The average molecular weight is 370 g/mol. The van der Waals surface area contributed by atoms with Crippen molar-refractivity contribution < 1.29 is 4.39 Å². The van der Waals surface area contributed by atoms with Crippen molar-refractivity contribution in [1.29, 1.82) is 0 Å². The van der Waals surface area contributed by atoms with Crippen molar-refractivity contribution in [3.05, 3.63) is 53.3 Å². The van der Waals surface area contributed by atoms with E-state index in [9.17, 15) is 4.39 Å². The number of hydrogen-bond donors (Lipinski definition) is 0. The molecule has 0 aliphatic heterocycles. The van der Waals surface area contributed by atoms with Gasteiger partial charge in [0.25, 0.3) is 0 Å². The molecule has 132 valence electrons.